The summed E-state index contributed by atoms with van der Waals surface area (Å²) in [6.45, 7) is 2.10. The lowest BCUT2D eigenvalue weighted by Crippen LogP contribution is -2.15. The molecule has 6 rings (SSSR count). The van der Waals surface area contributed by atoms with E-state index in [0.29, 0.717) is 22.8 Å². The monoisotopic (exact) mass is 540 g/mol. The molecule has 1 aliphatic carbocycles. The van der Waals surface area contributed by atoms with Gasteiger partial charge in [-0.2, -0.15) is 8.42 Å². The van der Waals surface area contributed by atoms with Crippen molar-refractivity contribution in [2.24, 2.45) is 0 Å². The second-order valence-electron chi connectivity index (χ2n) is 10.5. The van der Waals surface area contributed by atoms with Gasteiger partial charge in [-0.3, -0.25) is 4.79 Å². The number of aryl methyl sites for hydroxylation is 1. The van der Waals surface area contributed by atoms with Crippen molar-refractivity contribution in [2.75, 3.05) is 0 Å². The van der Waals surface area contributed by atoms with Crippen molar-refractivity contribution in [1.82, 2.24) is 9.55 Å². The highest BCUT2D eigenvalue weighted by atomic mass is 32.3. The van der Waals surface area contributed by atoms with E-state index in [1.807, 2.05) is 30.3 Å². The number of pyridine rings is 1. The van der Waals surface area contributed by atoms with Gasteiger partial charge in [0.05, 0.1) is 15.8 Å². The highest BCUT2D eigenvalue weighted by Crippen LogP contribution is 2.39. The van der Waals surface area contributed by atoms with E-state index in [9.17, 15) is 17.1 Å². The number of aromatic nitrogens is 2. The molecule has 5 nitrogen and oxygen atoms in total. The zero-order valence-corrected chi connectivity index (χ0v) is 22.6. The van der Waals surface area contributed by atoms with Crippen molar-refractivity contribution in [1.29, 1.82) is 0 Å². The molecule has 7 heteroatoms. The minimum absolute atomic E-state index is 0.0432. The Labute approximate surface area is 226 Å². The molecule has 1 N–H and O–H groups in total. The van der Waals surface area contributed by atoms with Crippen LogP contribution in [0.15, 0.2) is 64.3 Å². The summed E-state index contributed by atoms with van der Waals surface area (Å²) in [6.07, 6.45) is 12.5. The summed E-state index contributed by atoms with van der Waals surface area (Å²) in [5, 5.41) is 2.15. The van der Waals surface area contributed by atoms with Crippen molar-refractivity contribution in [3.63, 3.8) is 0 Å². The van der Waals surface area contributed by atoms with Crippen molar-refractivity contribution in [3.05, 3.63) is 75.9 Å². The summed E-state index contributed by atoms with van der Waals surface area (Å²) >= 11 is 0. The van der Waals surface area contributed by atoms with Gasteiger partial charge in [-0.05, 0) is 78.8 Å². The summed E-state index contributed by atoms with van der Waals surface area (Å²) in [6, 6.07) is 15.9. The first-order valence-corrected chi connectivity index (χ1v) is 14.9. The van der Waals surface area contributed by atoms with Crippen LogP contribution in [0.5, 0.6) is 0 Å². The predicted octanol–water partition coefficient (Wildman–Crippen LogP) is 7.40. The lowest BCUT2D eigenvalue weighted by atomic mass is 9.93. The van der Waals surface area contributed by atoms with Crippen LogP contribution in [-0.4, -0.2) is 18.0 Å². The molecular formula is C32H29FN2O3S. The zero-order valence-electron chi connectivity index (χ0n) is 21.8. The molecule has 2 aromatic heterocycles. The molecule has 2 heterocycles. The molecule has 0 unspecified atom stereocenters. The number of H-pyrrole nitrogens is 1. The van der Waals surface area contributed by atoms with Crippen LogP contribution < -0.4 is 5.43 Å². The number of nitrogens with zero attached hydrogens (tertiary/aromatic N) is 1. The summed E-state index contributed by atoms with van der Waals surface area (Å²) in [5.41, 5.74) is 5.47. The van der Waals surface area contributed by atoms with Gasteiger partial charge in [-0.1, -0.05) is 50.3 Å². The van der Waals surface area contributed by atoms with E-state index in [-0.39, 0.29) is 16.4 Å². The first kappa shape index (κ1) is 25.4. The molecule has 1 fully saturated rings. The fraction of sp³-hybridized carbons (Fsp3) is 0.281. The molecule has 3 aromatic carbocycles. The number of halogens is 1. The van der Waals surface area contributed by atoms with Gasteiger partial charge in [0.15, 0.2) is 5.43 Å². The van der Waals surface area contributed by atoms with Gasteiger partial charge in [-0.15, -0.1) is 10.3 Å². The van der Waals surface area contributed by atoms with Gasteiger partial charge in [0.1, 0.15) is 5.65 Å². The second-order valence-corrected chi connectivity index (χ2v) is 11.8. The van der Waals surface area contributed by atoms with Gasteiger partial charge in [0.25, 0.3) is 0 Å². The van der Waals surface area contributed by atoms with Crippen LogP contribution in [0.25, 0.3) is 44.0 Å². The predicted molar refractivity (Wildman–Crippen MR) is 155 cm³/mol. The number of nitrogens with one attached hydrogen (secondary N) is 1. The topological polar surface area (TPSA) is 71.9 Å². The van der Waals surface area contributed by atoms with E-state index in [2.05, 4.69) is 22.4 Å². The maximum Gasteiger partial charge on any atom is 0.332 e. The number of rotatable bonds is 6. The molecule has 39 heavy (non-hydrogen) atoms. The van der Waals surface area contributed by atoms with E-state index in [1.165, 1.54) is 12.1 Å². The first-order valence-electron chi connectivity index (χ1n) is 13.5. The van der Waals surface area contributed by atoms with Crippen molar-refractivity contribution in [3.8, 4) is 23.5 Å². The van der Waals surface area contributed by atoms with Crippen LogP contribution in [0.3, 0.4) is 0 Å². The molecule has 0 bridgehead atoms. The van der Waals surface area contributed by atoms with E-state index >= 15 is 0 Å². The largest absolute Gasteiger partial charge is 0.340 e. The summed E-state index contributed by atoms with van der Waals surface area (Å²) < 4.78 is 39.6. The van der Waals surface area contributed by atoms with Gasteiger partial charge < -0.3 is 9.55 Å². The first-order chi connectivity index (χ1) is 18.8. The average molecular weight is 541 g/mol. The molecule has 5 aromatic rings. The number of unbranched alkanes of at least 4 members (excludes halogenated alkanes) is 1. The Hall–Kier alpha value is -3.89. The molecule has 0 aliphatic heterocycles. The third-order valence-electron chi connectivity index (χ3n) is 8.06. The highest BCUT2D eigenvalue weighted by molar-refractivity contribution is 7.86. The zero-order chi connectivity index (χ0) is 27.3. The fourth-order valence-corrected chi connectivity index (χ4v) is 6.66. The maximum atomic E-state index is 14.1. The smallest absolute Gasteiger partial charge is 0.332 e. The van der Waals surface area contributed by atoms with Crippen LogP contribution >= 0.6 is 0 Å². The van der Waals surface area contributed by atoms with Crippen LogP contribution in [0.1, 0.15) is 62.6 Å². The Bertz CT molecular complexity index is 1970. The van der Waals surface area contributed by atoms with Crippen molar-refractivity contribution in [2.45, 2.75) is 62.8 Å². The Morgan fingerprint density at radius 3 is 2.59 bits per heavy atom. The van der Waals surface area contributed by atoms with E-state index in [1.54, 1.807) is 12.1 Å². The third kappa shape index (κ3) is 4.33. The van der Waals surface area contributed by atoms with E-state index < -0.39 is 10.2 Å². The summed E-state index contributed by atoms with van der Waals surface area (Å²) in [7, 11) is -4.86. The van der Waals surface area contributed by atoms with E-state index in [4.69, 9.17) is 6.42 Å². The number of benzene rings is 3. The molecule has 198 valence electrons. The third-order valence-corrected chi connectivity index (χ3v) is 8.87. The number of hydrogen-bond donors (Lipinski definition) is 1. The molecule has 0 radical (unpaired) electrons. The van der Waals surface area contributed by atoms with Gasteiger partial charge in [0, 0.05) is 27.9 Å². The van der Waals surface area contributed by atoms with Crippen LogP contribution in [-0.2, 0) is 16.6 Å². The van der Waals surface area contributed by atoms with Crippen LogP contribution in [0, 0.1) is 12.3 Å². The Morgan fingerprint density at radius 1 is 1.08 bits per heavy atom. The van der Waals surface area contributed by atoms with Crippen molar-refractivity contribution >= 4 is 43.1 Å². The van der Waals surface area contributed by atoms with Crippen LogP contribution in [0.2, 0.25) is 0 Å². The number of fused-ring (bicyclic) bond motifs is 4. The van der Waals surface area contributed by atoms with Gasteiger partial charge in [0.2, 0.25) is 0 Å². The normalized spacial score (nSPS) is 14.5. The number of aromatic amines is 1. The minimum Gasteiger partial charge on any atom is -0.340 e. The lowest BCUT2D eigenvalue weighted by molar-refractivity contribution is 0.545. The number of terminal acetylenes is 1. The van der Waals surface area contributed by atoms with Gasteiger partial charge >= 0.3 is 10.2 Å². The highest BCUT2D eigenvalue weighted by Gasteiger charge is 2.25. The lowest BCUT2D eigenvalue weighted by Gasteiger charge is -2.21. The van der Waals surface area contributed by atoms with Crippen molar-refractivity contribution < 1.29 is 12.3 Å². The quantitative estimate of drug-likeness (QED) is 0.180. The Kier molecular flexibility index (Phi) is 6.31. The molecule has 1 saturated carbocycles. The summed E-state index contributed by atoms with van der Waals surface area (Å²) in [4.78, 5) is 17.3. The number of hydrogen-bond acceptors (Lipinski definition) is 3. The Balaban J connectivity index is 1.73. The molecule has 0 spiro atoms. The second kappa shape index (κ2) is 9.69. The molecule has 0 amide bonds. The molecule has 1 aliphatic rings. The molecule has 0 atom stereocenters. The van der Waals surface area contributed by atoms with Crippen LogP contribution in [0.4, 0.5) is 3.89 Å². The summed E-state index contributed by atoms with van der Waals surface area (Å²) in [5.74, 6) is 2.67. The fourth-order valence-electron chi connectivity index (χ4n) is 6.15. The van der Waals surface area contributed by atoms with Gasteiger partial charge in [-0.25, -0.2) is 0 Å². The Morgan fingerprint density at radius 2 is 1.87 bits per heavy atom. The maximum absolute atomic E-state index is 14.1. The standard InChI is InChI=1S/C32H29FN2O3S/c1-3-5-9-22-18-27-29(19-26(22)21-10-8-13-24(17-21)39(33,37)38)35(23-11-6-7-12-23)32-30(31(27)36)25-15-14-20(4-2)16-28(25)34-32/h2,8,10,13-19,23,34H,3,5-7,9,11-12H2,1H3. The minimum atomic E-state index is -4.86. The molecular weight excluding hydrogens is 511 g/mol. The SMILES string of the molecule is C#Cc1ccc2c(c1)[nH]c1c2c(=O)c2cc(CCCC)c(-c3cccc(S(=O)(=O)F)c3)cc2n1C1CCCC1. The average Bonchev–Trinajstić information content (AvgIpc) is 3.59. The molecule has 0 saturated heterocycles. The van der Waals surface area contributed by atoms with E-state index in [0.717, 1.165) is 77.3 Å².